The van der Waals surface area contributed by atoms with E-state index in [4.69, 9.17) is 24.6 Å². The average molecular weight is 459 g/mol. The molecule has 0 aromatic carbocycles. The maximum absolute atomic E-state index is 10.7. The molecule has 0 bridgehead atoms. The van der Waals surface area contributed by atoms with Gasteiger partial charge < -0.3 is 9.11 Å². The molecule has 0 aliphatic carbocycles. The molecule has 1 heterocycles. The van der Waals surface area contributed by atoms with Gasteiger partial charge in [-0.2, -0.15) is 13.2 Å². The van der Waals surface area contributed by atoms with E-state index in [-0.39, 0.29) is 26.2 Å². The van der Waals surface area contributed by atoms with E-state index >= 15 is 0 Å². The summed E-state index contributed by atoms with van der Waals surface area (Å²) in [5, 5.41) is 0.991. The molecule has 7 nitrogen and oxygen atoms in total. The van der Waals surface area contributed by atoms with E-state index in [1.807, 2.05) is 0 Å². The van der Waals surface area contributed by atoms with Gasteiger partial charge in [-0.25, -0.2) is 16.8 Å². The number of pyridine rings is 1. The summed E-state index contributed by atoms with van der Waals surface area (Å²) in [6, 6.07) is 3.05. The van der Waals surface area contributed by atoms with Crippen molar-refractivity contribution in [2.24, 2.45) is 0 Å². The minimum Gasteiger partial charge on any atom is -0.744 e. The van der Waals surface area contributed by atoms with Gasteiger partial charge in [0.25, 0.3) is 0 Å². The Labute approximate surface area is 147 Å². The van der Waals surface area contributed by atoms with Crippen molar-refractivity contribution in [3.05, 3.63) is 34.5 Å². The Hall–Kier alpha value is -0.327. The van der Waals surface area contributed by atoms with Crippen LogP contribution in [0.25, 0.3) is 6.08 Å². The molecule has 0 fully saturated rings. The van der Waals surface area contributed by atoms with Crippen LogP contribution in [0.3, 0.4) is 0 Å². The second-order valence-electron chi connectivity index (χ2n) is 3.10. The summed E-state index contributed by atoms with van der Waals surface area (Å²) in [7, 11) is -10.4. The van der Waals surface area contributed by atoms with Crippen molar-refractivity contribution in [3.63, 3.8) is 0 Å². The molecular formula is C8H5ClF3NO6S2Zr. The fourth-order valence-corrected chi connectivity index (χ4v) is 1.06. The van der Waals surface area contributed by atoms with Crippen LogP contribution in [0.5, 0.6) is 0 Å². The summed E-state index contributed by atoms with van der Waals surface area (Å²) in [6.45, 7) is 0. The van der Waals surface area contributed by atoms with Gasteiger partial charge in [0.15, 0.2) is 10.1 Å². The van der Waals surface area contributed by atoms with Crippen molar-refractivity contribution in [3.8, 4) is 0 Å². The van der Waals surface area contributed by atoms with Crippen LogP contribution in [0.15, 0.2) is 23.7 Å². The van der Waals surface area contributed by atoms with Gasteiger partial charge in [-0.15, -0.1) is 0 Å². The second kappa shape index (κ2) is 9.09. The van der Waals surface area contributed by atoms with Gasteiger partial charge in [-0.3, -0.25) is 4.98 Å². The molecule has 0 amide bonds. The molecule has 14 heteroatoms. The molecule has 0 unspecified atom stereocenters. The van der Waals surface area contributed by atoms with Gasteiger partial charge in [0.1, 0.15) is 10.1 Å². The Morgan fingerprint density at radius 2 is 1.59 bits per heavy atom. The van der Waals surface area contributed by atoms with Gasteiger partial charge in [0.05, 0.1) is 10.7 Å². The predicted octanol–water partition coefficient (Wildman–Crippen LogP) is 1.30. The van der Waals surface area contributed by atoms with E-state index in [1.54, 1.807) is 6.07 Å². The maximum atomic E-state index is 10.7. The molecule has 0 saturated carbocycles. The van der Waals surface area contributed by atoms with Crippen LogP contribution < -0.4 is 0 Å². The van der Waals surface area contributed by atoms with Crippen LogP contribution in [0, 0.1) is 0 Å². The molecular weight excluding hydrogens is 454 g/mol. The van der Waals surface area contributed by atoms with E-state index in [0.717, 1.165) is 6.08 Å². The van der Waals surface area contributed by atoms with Crippen LogP contribution in [-0.4, -0.2) is 36.4 Å². The third-order valence-corrected chi connectivity index (χ3v) is 2.70. The van der Waals surface area contributed by atoms with Crippen molar-refractivity contribution in [1.29, 1.82) is 0 Å². The summed E-state index contributed by atoms with van der Waals surface area (Å²) >= 11 is 5.54. The Morgan fingerprint density at radius 1 is 1.14 bits per heavy atom. The van der Waals surface area contributed by atoms with Gasteiger partial charge in [0, 0.05) is 11.6 Å². The number of hydrogen-bond donors (Lipinski definition) is 0. The van der Waals surface area contributed by atoms with E-state index in [1.165, 1.54) is 12.3 Å². The fraction of sp³-hybridized carbons (Fsp3) is 0.125. The monoisotopic (exact) mass is 457 g/mol. The molecule has 0 spiro atoms. The Morgan fingerprint density at radius 3 is 1.86 bits per heavy atom. The van der Waals surface area contributed by atoms with E-state index in [2.05, 4.69) is 4.98 Å². The zero-order chi connectivity index (χ0) is 16.9. The standard InChI is InChI=1S/C7H6ClNO3S.CHF3O3S.Zr/c8-6-1-2-7(9-5-6)3-4-13(10,11)12;2-1(3,4)8(5,6)7;/h1-5H,(H,10,11,12);(H,5,6,7);/q;;+2/p-2/b4-3+;;. The smallest absolute Gasteiger partial charge is 0.744 e. The van der Waals surface area contributed by atoms with Crippen molar-refractivity contribution in [2.75, 3.05) is 0 Å². The SMILES string of the molecule is O=S(=O)([O-])/C=C/c1ccc(Cl)cn1.O=S(=O)([O-])C(F)(F)F.[Zr+2]. The van der Waals surface area contributed by atoms with Crippen molar-refractivity contribution in [1.82, 2.24) is 4.98 Å². The van der Waals surface area contributed by atoms with Gasteiger partial charge in [-0.05, 0) is 18.2 Å². The third-order valence-electron chi connectivity index (χ3n) is 1.44. The average Bonchev–Trinajstić information content (AvgIpc) is 2.25. The van der Waals surface area contributed by atoms with Crippen LogP contribution in [0.2, 0.25) is 5.02 Å². The molecule has 1 aromatic rings. The number of aromatic nitrogens is 1. The van der Waals surface area contributed by atoms with Crippen LogP contribution in [0.1, 0.15) is 5.69 Å². The molecule has 0 aliphatic heterocycles. The zero-order valence-corrected chi connectivity index (χ0v) is 15.0. The molecule has 0 radical (unpaired) electrons. The van der Waals surface area contributed by atoms with Gasteiger partial charge in [-0.1, -0.05) is 11.6 Å². The first-order chi connectivity index (χ1) is 9.22. The van der Waals surface area contributed by atoms with Gasteiger partial charge in [0.2, 0.25) is 0 Å². The molecule has 0 aliphatic rings. The van der Waals surface area contributed by atoms with Crippen molar-refractivity contribution in [2.45, 2.75) is 5.51 Å². The van der Waals surface area contributed by atoms with Crippen LogP contribution >= 0.6 is 11.6 Å². The Balaban J connectivity index is 0. The fourth-order valence-electron chi connectivity index (χ4n) is 0.639. The van der Waals surface area contributed by atoms with Crippen LogP contribution in [-0.2, 0) is 46.4 Å². The predicted molar refractivity (Wildman–Crippen MR) is 63.7 cm³/mol. The summed E-state index contributed by atoms with van der Waals surface area (Å²) < 4.78 is 89.4. The largest absolute Gasteiger partial charge is 2.00 e. The van der Waals surface area contributed by atoms with Crippen LogP contribution in [0.4, 0.5) is 13.2 Å². The van der Waals surface area contributed by atoms with Gasteiger partial charge >= 0.3 is 31.7 Å². The zero-order valence-electron chi connectivity index (χ0n) is 10.1. The van der Waals surface area contributed by atoms with Crippen molar-refractivity contribution >= 4 is 37.9 Å². The molecule has 1 rings (SSSR count). The second-order valence-corrected chi connectivity index (χ2v) is 6.16. The summed E-state index contributed by atoms with van der Waals surface area (Å²) in [4.78, 5) is 3.76. The molecule has 0 N–H and O–H groups in total. The minimum atomic E-state index is -6.09. The summed E-state index contributed by atoms with van der Waals surface area (Å²) in [6.07, 6.45) is 2.47. The van der Waals surface area contributed by atoms with Crippen molar-refractivity contribution < 1.29 is 65.3 Å². The quantitative estimate of drug-likeness (QED) is 0.482. The first kappa shape index (κ1) is 23.9. The number of halogens is 4. The van der Waals surface area contributed by atoms with E-state index in [0.29, 0.717) is 16.1 Å². The third kappa shape index (κ3) is 11.3. The van der Waals surface area contributed by atoms with E-state index in [9.17, 15) is 26.1 Å². The molecule has 122 valence electrons. The normalized spacial score (nSPS) is 12.3. The topological polar surface area (TPSA) is 127 Å². The maximum Gasteiger partial charge on any atom is 2.00 e. The number of hydrogen-bond acceptors (Lipinski definition) is 7. The van der Waals surface area contributed by atoms with E-state index < -0.39 is 25.7 Å². The molecule has 1 aromatic heterocycles. The summed E-state index contributed by atoms with van der Waals surface area (Å²) in [5.41, 5.74) is -5.28. The number of alkyl halides is 3. The first-order valence-electron chi connectivity index (χ1n) is 4.50. The number of nitrogens with zero attached hydrogens (tertiary/aromatic N) is 1. The first-order valence-corrected chi connectivity index (χ1v) is 7.76. The molecule has 0 atom stereocenters. The summed E-state index contributed by atoms with van der Waals surface area (Å²) in [5.74, 6) is 0. The molecule has 22 heavy (non-hydrogen) atoms. The molecule has 0 saturated heterocycles. The number of rotatable bonds is 2. The minimum absolute atomic E-state index is 0. The Kier molecular flexibility index (Phi) is 9.89. The Bertz CT molecular complexity index is 702.